The molecule has 0 bridgehead atoms. The van der Waals surface area contributed by atoms with Crippen LogP contribution in [0.25, 0.3) is 0 Å². The van der Waals surface area contributed by atoms with E-state index in [2.05, 4.69) is 12.2 Å². The second-order valence-electron chi connectivity index (χ2n) is 4.08. The molecule has 0 heterocycles. The van der Waals surface area contributed by atoms with Gasteiger partial charge in [0.25, 0.3) is 15.0 Å². The summed E-state index contributed by atoms with van der Waals surface area (Å²) in [7, 11) is 1.33. The maximum absolute atomic E-state index is 11.8. The summed E-state index contributed by atoms with van der Waals surface area (Å²) in [6.07, 6.45) is 2.96. The van der Waals surface area contributed by atoms with E-state index >= 15 is 0 Å². The number of carbonyl (C=O) groups excluding carboxylic acids is 1. The SMILES string of the molecule is CCCCCNC(=O)c1cc(Cl)cc(S(=O)(=O)Cl)c1. The van der Waals surface area contributed by atoms with Crippen LogP contribution < -0.4 is 5.32 Å². The Morgan fingerprint density at radius 2 is 1.95 bits per heavy atom. The number of amides is 1. The Morgan fingerprint density at radius 1 is 1.26 bits per heavy atom. The average molecular weight is 324 g/mol. The number of unbranched alkanes of at least 4 members (excludes halogenated alkanes) is 2. The predicted molar refractivity (Wildman–Crippen MR) is 76.3 cm³/mol. The van der Waals surface area contributed by atoms with Gasteiger partial charge in [0, 0.05) is 27.8 Å². The highest BCUT2D eigenvalue weighted by molar-refractivity contribution is 8.13. The molecular weight excluding hydrogens is 309 g/mol. The van der Waals surface area contributed by atoms with E-state index in [0.29, 0.717) is 6.54 Å². The lowest BCUT2D eigenvalue weighted by molar-refractivity contribution is 0.0952. The zero-order valence-electron chi connectivity index (χ0n) is 10.4. The summed E-state index contributed by atoms with van der Waals surface area (Å²) in [5.41, 5.74) is 0.184. The zero-order valence-corrected chi connectivity index (χ0v) is 12.8. The minimum atomic E-state index is -3.90. The van der Waals surface area contributed by atoms with E-state index in [-0.39, 0.29) is 21.4 Å². The van der Waals surface area contributed by atoms with E-state index in [0.717, 1.165) is 19.3 Å². The third-order valence-corrected chi connectivity index (χ3v) is 4.03. The molecule has 0 atom stereocenters. The summed E-state index contributed by atoms with van der Waals surface area (Å²) in [6.45, 7) is 2.61. The van der Waals surface area contributed by atoms with Gasteiger partial charge < -0.3 is 5.32 Å². The van der Waals surface area contributed by atoms with Gasteiger partial charge in [0.1, 0.15) is 0 Å². The normalized spacial score (nSPS) is 11.3. The Bertz CT molecular complexity index is 558. The number of benzene rings is 1. The Labute approximate surface area is 122 Å². The minimum Gasteiger partial charge on any atom is -0.352 e. The molecule has 0 fully saturated rings. The highest BCUT2D eigenvalue weighted by Gasteiger charge is 2.15. The van der Waals surface area contributed by atoms with E-state index in [1.807, 2.05) is 0 Å². The van der Waals surface area contributed by atoms with Gasteiger partial charge in [-0.25, -0.2) is 8.42 Å². The third-order valence-electron chi connectivity index (χ3n) is 2.48. The van der Waals surface area contributed by atoms with Crippen LogP contribution in [0.5, 0.6) is 0 Å². The molecule has 1 N–H and O–H groups in total. The highest BCUT2D eigenvalue weighted by atomic mass is 35.7. The average Bonchev–Trinajstić information content (AvgIpc) is 2.32. The Morgan fingerprint density at radius 3 is 2.53 bits per heavy atom. The van der Waals surface area contributed by atoms with Gasteiger partial charge in [-0.1, -0.05) is 31.4 Å². The summed E-state index contributed by atoms with van der Waals surface area (Å²) in [5.74, 6) is -0.361. The van der Waals surface area contributed by atoms with E-state index in [1.165, 1.54) is 18.2 Å². The van der Waals surface area contributed by atoms with Crippen molar-refractivity contribution < 1.29 is 13.2 Å². The maximum Gasteiger partial charge on any atom is 0.261 e. The fourth-order valence-electron chi connectivity index (χ4n) is 1.51. The largest absolute Gasteiger partial charge is 0.352 e. The number of halogens is 2. The third kappa shape index (κ3) is 5.38. The molecule has 1 rings (SSSR count). The topological polar surface area (TPSA) is 63.2 Å². The lowest BCUT2D eigenvalue weighted by Crippen LogP contribution is -2.24. The van der Waals surface area contributed by atoms with Gasteiger partial charge in [-0.15, -0.1) is 0 Å². The van der Waals surface area contributed by atoms with Crippen LogP contribution in [-0.2, 0) is 9.05 Å². The zero-order chi connectivity index (χ0) is 14.5. The first kappa shape index (κ1) is 16.3. The molecule has 0 unspecified atom stereocenters. The maximum atomic E-state index is 11.8. The first-order chi connectivity index (χ1) is 8.84. The molecule has 106 valence electrons. The molecule has 0 aliphatic carbocycles. The van der Waals surface area contributed by atoms with E-state index < -0.39 is 9.05 Å². The molecule has 0 radical (unpaired) electrons. The second-order valence-corrected chi connectivity index (χ2v) is 7.08. The predicted octanol–water partition coefficient (Wildman–Crippen LogP) is 3.19. The lowest BCUT2D eigenvalue weighted by atomic mass is 10.2. The fourth-order valence-corrected chi connectivity index (χ4v) is 2.62. The van der Waals surface area contributed by atoms with Crippen molar-refractivity contribution in [2.45, 2.75) is 31.1 Å². The summed E-state index contributed by atoms with van der Waals surface area (Å²) in [5, 5.41) is 2.86. The first-order valence-corrected chi connectivity index (χ1v) is 8.56. The van der Waals surface area contributed by atoms with Crippen molar-refractivity contribution in [1.29, 1.82) is 0 Å². The molecule has 0 aromatic heterocycles. The van der Waals surface area contributed by atoms with E-state index in [4.69, 9.17) is 22.3 Å². The summed E-state index contributed by atoms with van der Waals surface area (Å²) < 4.78 is 22.5. The van der Waals surface area contributed by atoms with Crippen molar-refractivity contribution in [2.75, 3.05) is 6.54 Å². The quantitative estimate of drug-likeness (QED) is 0.646. The van der Waals surface area contributed by atoms with Crippen LogP contribution in [-0.4, -0.2) is 20.9 Å². The first-order valence-electron chi connectivity index (χ1n) is 5.88. The molecule has 0 saturated carbocycles. The number of nitrogens with one attached hydrogen (secondary N) is 1. The summed E-state index contributed by atoms with van der Waals surface area (Å²) in [4.78, 5) is 11.7. The van der Waals surface area contributed by atoms with Crippen LogP contribution >= 0.6 is 22.3 Å². The molecule has 0 aliphatic rings. The van der Waals surface area contributed by atoms with Crippen LogP contribution in [0.1, 0.15) is 36.5 Å². The van der Waals surface area contributed by atoms with Crippen molar-refractivity contribution >= 4 is 37.2 Å². The Kier molecular flexibility index (Phi) is 6.10. The van der Waals surface area contributed by atoms with Crippen molar-refractivity contribution in [1.82, 2.24) is 5.32 Å². The van der Waals surface area contributed by atoms with Crippen molar-refractivity contribution in [3.8, 4) is 0 Å². The molecular formula is C12H15Cl2NO3S. The van der Waals surface area contributed by atoms with Gasteiger partial charge >= 0.3 is 0 Å². The van der Waals surface area contributed by atoms with Gasteiger partial charge in [0.05, 0.1) is 4.90 Å². The standard InChI is InChI=1S/C12H15Cl2NO3S/c1-2-3-4-5-15-12(16)9-6-10(13)8-11(7-9)19(14,17)18/h6-8H,2-5H2,1H3,(H,15,16). The lowest BCUT2D eigenvalue weighted by Gasteiger charge is -2.06. The molecule has 7 heteroatoms. The molecule has 1 aromatic carbocycles. The minimum absolute atomic E-state index is 0.153. The Balaban J connectivity index is 2.83. The molecule has 0 aliphatic heterocycles. The number of hydrogen-bond acceptors (Lipinski definition) is 3. The van der Waals surface area contributed by atoms with Gasteiger partial charge in [-0.05, 0) is 24.6 Å². The molecule has 19 heavy (non-hydrogen) atoms. The van der Waals surface area contributed by atoms with Crippen LogP contribution in [0.3, 0.4) is 0 Å². The van der Waals surface area contributed by atoms with Crippen LogP contribution in [0.2, 0.25) is 5.02 Å². The van der Waals surface area contributed by atoms with Crippen molar-refractivity contribution in [3.63, 3.8) is 0 Å². The van der Waals surface area contributed by atoms with Crippen molar-refractivity contribution in [2.24, 2.45) is 0 Å². The van der Waals surface area contributed by atoms with Crippen LogP contribution in [0, 0.1) is 0 Å². The highest BCUT2D eigenvalue weighted by Crippen LogP contribution is 2.22. The van der Waals surface area contributed by atoms with Gasteiger partial charge in [0.15, 0.2) is 0 Å². The van der Waals surface area contributed by atoms with Crippen LogP contribution in [0.4, 0.5) is 0 Å². The van der Waals surface area contributed by atoms with Gasteiger partial charge in [0.2, 0.25) is 0 Å². The molecule has 1 amide bonds. The van der Waals surface area contributed by atoms with Gasteiger partial charge in [-0.2, -0.15) is 0 Å². The Hall–Kier alpha value is -0.780. The fraction of sp³-hybridized carbons (Fsp3) is 0.417. The van der Waals surface area contributed by atoms with E-state index in [9.17, 15) is 13.2 Å². The molecule has 4 nitrogen and oxygen atoms in total. The van der Waals surface area contributed by atoms with E-state index in [1.54, 1.807) is 0 Å². The summed E-state index contributed by atoms with van der Waals surface area (Å²) >= 11 is 5.78. The smallest absolute Gasteiger partial charge is 0.261 e. The molecule has 0 spiro atoms. The van der Waals surface area contributed by atoms with Crippen molar-refractivity contribution in [3.05, 3.63) is 28.8 Å². The number of carbonyl (C=O) groups is 1. The van der Waals surface area contributed by atoms with Gasteiger partial charge in [-0.3, -0.25) is 4.79 Å². The number of hydrogen-bond donors (Lipinski definition) is 1. The number of rotatable bonds is 6. The van der Waals surface area contributed by atoms with Crippen LogP contribution in [0.15, 0.2) is 23.1 Å². The molecule has 0 saturated heterocycles. The second kappa shape index (κ2) is 7.12. The monoisotopic (exact) mass is 323 g/mol. The summed E-state index contributed by atoms with van der Waals surface area (Å²) in [6, 6.07) is 3.82. The molecule has 1 aromatic rings.